The smallest absolute Gasteiger partial charge is 0.337 e. The van der Waals surface area contributed by atoms with Crippen molar-refractivity contribution in [1.29, 1.82) is 0 Å². The number of hydrogen-bond donors (Lipinski definition) is 1. The van der Waals surface area contributed by atoms with E-state index in [-0.39, 0.29) is 24.0 Å². The number of likely N-dealkylation sites (tertiary alicyclic amines) is 1. The second-order valence-electron chi connectivity index (χ2n) is 7.71. The van der Waals surface area contributed by atoms with Crippen LogP contribution in [0.2, 0.25) is 0 Å². The summed E-state index contributed by atoms with van der Waals surface area (Å²) in [4.78, 5) is 39.3. The van der Waals surface area contributed by atoms with Crippen molar-refractivity contribution in [2.45, 2.75) is 25.0 Å². The van der Waals surface area contributed by atoms with Crippen molar-refractivity contribution in [1.82, 2.24) is 4.90 Å². The SMILES string of the molecule is COC(=O)c1ccc([C@H]2C(=C(O)c3ccc(Br)cc3)C(=O)C(=O)N2C[C@H]2CCCO2)cc1. The van der Waals surface area contributed by atoms with Gasteiger partial charge in [-0.05, 0) is 42.7 Å². The highest BCUT2D eigenvalue weighted by molar-refractivity contribution is 9.10. The summed E-state index contributed by atoms with van der Waals surface area (Å²) in [7, 11) is 1.30. The quantitative estimate of drug-likeness (QED) is 0.290. The molecule has 1 amide bonds. The number of ketones is 1. The first-order valence-corrected chi connectivity index (χ1v) is 11.0. The van der Waals surface area contributed by atoms with Crippen LogP contribution in [-0.2, 0) is 19.1 Å². The fraction of sp³-hybridized carbons (Fsp3) is 0.292. The molecule has 2 fully saturated rings. The van der Waals surface area contributed by atoms with Gasteiger partial charge in [0.2, 0.25) is 0 Å². The van der Waals surface area contributed by atoms with Gasteiger partial charge in [-0.25, -0.2) is 4.79 Å². The number of esters is 1. The average molecular weight is 500 g/mol. The lowest BCUT2D eigenvalue weighted by Gasteiger charge is -2.27. The van der Waals surface area contributed by atoms with E-state index in [0.717, 1.165) is 17.3 Å². The number of amides is 1. The Labute approximate surface area is 193 Å². The number of carbonyl (C=O) groups is 3. The number of methoxy groups -OCH3 is 1. The van der Waals surface area contributed by atoms with Gasteiger partial charge in [-0.3, -0.25) is 9.59 Å². The van der Waals surface area contributed by atoms with Gasteiger partial charge in [0.25, 0.3) is 11.7 Å². The second kappa shape index (κ2) is 9.26. The van der Waals surface area contributed by atoms with Crippen LogP contribution in [-0.4, -0.2) is 54.0 Å². The van der Waals surface area contributed by atoms with Crippen molar-refractivity contribution in [3.8, 4) is 0 Å². The van der Waals surface area contributed by atoms with E-state index < -0.39 is 23.7 Å². The number of carbonyl (C=O) groups excluding carboxylic acids is 3. The fourth-order valence-electron chi connectivity index (χ4n) is 4.11. The van der Waals surface area contributed by atoms with Gasteiger partial charge >= 0.3 is 5.97 Å². The van der Waals surface area contributed by atoms with Crippen LogP contribution < -0.4 is 0 Å². The van der Waals surface area contributed by atoms with Crippen LogP contribution in [0.25, 0.3) is 5.76 Å². The number of hydrogen-bond acceptors (Lipinski definition) is 6. The van der Waals surface area contributed by atoms with Crippen LogP contribution in [0.4, 0.5) is 0 Å². The van der Waals surface area contributed by atoms with E-state index in [0.29, 0.717) is 23.3 Å². The third-order valence-electron chi connectivity index (χ3n) is 5.73. The summed E-state index contributed by atoms with van der Waals surface area (Å²) in [5.41, 5.74) is 1.40. The van der Waals surface area contributed by atoms with Gasteiger partial charge in [0.15, 0.2) is 0 Å². The summed E-state index contributed by atoms with van der Waals surface area (Å²) < 4.78 is 11.3. The lowest BCUT2D eigenvalue weighted by Crippen LogP contribution is -2.36. The first kappa shape index (κ1) is 22.2. The molecule has 32 heavy (non-hydrogen) atoms. The van der Waals surface area contributed by atoms with Gasteiger partial charge in [-0.15, -0.1) is 0 Å². The van der Waals surface area contributed by atoms with E-state index in [1.165, 1.54) is 12.0 Å². The predicted molar refractivity (Wildman–Crippen MR) is 120 cm³/mol. The molecule has 2 atom stereocenters. The molecule has 0 unspecified atom stereocenters. The molecule has 0 saturated carbocycles. The number of halogens is 1. The van der Waals surface area contributed by atoms with E-state index in [1.54, 1.807) is 48.5 Å². The topological polar surface area (TPSA) is 93.1 Å². The van der Waals surface area contributed by atoms with Crippen LogP contribution in [0.1, 0.15) is 40.4 Å². The van der Waals surface area contributed by atoms with Crippen molar-refractivity contribution in [2.24, 2.45) is 0 Å². The van der Waals surface area contributed by atoms with E-state index in [9.17, 15) is 19.5 Å². The highest BCUT2D eigenvalue weighted by Gasteiger charge is 2.47. The van der Waals surface area contributed by atoms with Crippen molar-refractivity contribution >= 4 is 39.3 Å². The highest BCUT2D eigenvalue weighted by Crippen LogP contribution is 2.40. The minimum atomic E-state index is -0.797. The van der Waals surface area contributed by atoms with Gasteiger partial charge in [0, 0.05) is 23.2 Å². The zero-order valence-electron chi connectivity index (χ0n) is 17.4. The first-order valence-electron chi connectivity index (χ1n) is 10.2. The molecule has 7 nitrogen and oxygen atoms in total. The Morgan fingerprint density at radius 2 is 1.78 bits per heavy atom. The molecule has 166 valence electrons. The average Bonchev–Trinajstić information content (AvgIpc) is 3.41. The van der Waals surface area contributed by atoms with Crippen molar-refractivity contribution in [3.63, 3.8) is 0 Å². The van der Waals surface area contributed by atoms with Crippen LogP contribution in [0.3, 0.4) is 0 Å². The lowest BCUT2D eigenvalue weighted by atomic mass is 9.94. The molecule has 2 aromatic carbocycles. The zero-order valence-corrected chi connectivity index (χ0v) is 19.0. The zero-order chi connectivity index (χ0) is 22.8. The van der Waals surface area contributed by atoms with Crippen molar-refractivity contribution < 1.29 is 29.0 Å². The van der Waals surface area contributed by atoms with E-state index >= 15 is 0 Å². The Hall–Kier alpha value is -2.97. The summed E-state index contributed by atoms with van der Waals surface area (Å²) in [5.74, 6) is -2.15. The maximum atomic E-state index is 13.0. The van der Waals surface area contributed by atoms with Gasteiger partial charge in [-0.2, -0.15) is 0 Å². The largest absolute Gasteiger partial charge is 0.507 e. The summed E-state index contributed by atoms with van der Waals surface area (Å²) in [6.07, 6.45) is 1.52. The molecule has 0 radical (unpaired) electrons. The Morgan fingerprint density at radius 3 is 2.38 bits per heavy atom. The third-order valence-corrected chi connectivity index (χ3v) is 6.26. The molecule has 8 heteroatoms. The van der Waals surface area contributed by atoms with E-state index in [2.05, 4.69) is 15.9 Å². The van der Waals surface area contributed by atoms with Crippen LogP contribution in [0.5, 0.6) is 0 Å². The standard InChI is InChI=1S/C24H22BrNO6/c1-31-24(30)16-6-4-14(5-7-16)20-19(21(27)15-8-10-17(25)11-9-15)22(28)23(29)26(20)13-18-3-2-12-32-18/h4-11,18,20,27H,2-3,12-13H2,1H3/t18-,20+/m1/s1. The normalized spacial score (nSPS) is 22.4. The van der Waals surface area contributed by atoms with Crippen molar-refractivity contribution in [2.75, 3.05) is 20.3 Å². The number of aliphatic hydroxyl groups is 1. The number of aliphatic hydroxyl groups excluding tert-OH is 1. The molecular formula is C24H22BrNO6. The van der Waals surface area contributed by atoms with Gasteiger partial charge in [-0.1, -0.05) is 40.2 Å². The number of rotatable bonds is 5. The number of benzene rings is 2. The molecule has 0 aliphatic carbocycles. The Kier molecular flexibility index (Phi) is 6.43. The molecular weight excluding hydrogens is 478 g/mol. The van der Waals surface area contributed by atoms with Crippen LogP contribution in [0.15, 0.2) is 58.6 Å². The number of nitrogens with zero attached hydrogens (tertiary/aromatic N) is 1. The molecule has 1 N–H and O–H groups in total. The predicted octanol–water partition coefficient (Wildman–Crippen LogP) is 3.84. The van der Waals surface area contributed by atoms with E-state index in [1.807, 2.05) is 0 Å². The Bertz CT molecular complexity index is 1070. The van der Waals surface area contributed by atoms with Gasteiger partial charge in [0.05, 0.1) is 30.4 Å². The minimum absolute atomic E-state index is 0.0149. The molecule has 0 aromatic heterocycles. The lowest BCUT2D eigenvalue weighted by molar-refractivity contribution is -0.140. The first-order chi connectivity index (χ1) is 15.4. The molecule has 0 bridgehead atoms. The fourth-order valence-corrected chi connectivity index (χ4v) is 4.37. The molecule has 0 spiro atoms. The monoisotopic (exact) mass is 499 g/mol. The molecule has 4 rings (SSSR count). The highest BCUT2D eigenvalue weighted by atomic mass is 79.9. The molecule has 2 heterocycles. The van der Waals surface area contributed by atoms with Crippen molar-refractivity contribution in [3.05, 3.63) is 75.3 Å². The van der Waals surface area contributed by atoms with Gasteiger partial charge in [0.1, 0.15) is 5.76 Å². The Balaban J connectivity index is 1.80. The van der Waals surface area contributed by atoms with Crippen LogP contribution in [0, 0.1) is 0 Å². The molecule has 2 saturated heterocycles. The van der Waals surface area contributed by atoms with Crippen LogP contribution >= 0.6 is 15.9 Å². The number of ether oxygens (including phenoxy) is 2. The summed E-state index contributed by atoms with van der Waals surface area (Å²) >= 11 is 3.35. The number of Topliss-reactive ketones (excluding diaryl/α,β-unsaturated/α-hetero) is 1. The van der Waals surface area contributed by atoms with E-state index in [4.69, 9.17) is 9.47 Å². The second-order valence-corrected chi connectivity index (χ2v) is 8.62. The summed E-state index contributed by atoms with van der Waals surface area (Å²) in [5, 5.41) is 11.0. The molecule has 2 aliphatic heterocycles. The summed E-state index contributed by atoms with van der Waals surface area (Å²) in [6, 6.07) is 12.5. The minimum Gasteiger partial charge on any atom is -0.507 e. The Morgan fingerprint density at radius 1 is 1.12 bits per heavy atom. The maximum Gasteiger partial charge on any atom is 0.337 e. The third kappa shape index (κ3) is 4.20. The summed E-state index contributed by atoms with van der Waals surface area (Å²) in [6.45, 7) is 0.858. The molecule has 2 aromatic rings. The molecule has 2 aliphatic rings. The maximum absolute atomic E-state index is 13.0. The van der Waals surface area contributed by atoms with Gasteiger partial charge < -0.3 is 19.5 Å².